The van der Waals surface area contributed by atoms with Crippen LogP contribution < -0.4 is 11.1 Å². The van der Waals surface area contributed by atoms with Crippen LogP contribution in [0.5, 0.6) is 0 Å². The summed E-state index contributed by atoms with van der Waals surface area (Å²) in [6.45, 7) is 6.00. The Balaban J connectivity index is 2.08. The minimum Gasteiger partial charge on any atom is -0.369 e. The van der Waals surface area contributed by atoms with E-state index in [-0.39, 0.29) is 0 Å². The van der Waals surface area contributed by atoms with E-state index in [0.717, 1.165) is 35.5 Å². The topological polar surface area (TPSA) is 63.8 Å². The molecule has 1 unspecified atom stereocenters. The maximum absolute atomic E-state index is 5.67. The summed E-state index contributed by atoms with van der Waals surface area (Å²) in [4.78, 5) is 8.71. The maximum Gasteiger partial charge on any atom is 0.147 e. The smallest absolute Gasteiger partial charge is 0.147 e. The number of aromatic nitrogens is 2. The third kappa shape index (κ3) is 3.42. The van der Waals surface area contributed by atoms with Crippen molar-refractivity contribution in [2.45, 2.75) is 33.1 Å². The number of anilines is 1. The van der Waals surface area contributed by atoms with E-state index in [9.17, 15) is 0 Å². The Morgan fingerprint density at radius 1 is 1.37 bits per heavy atom. The molecule has 2 rings (SSSR count). The van der Waals surface area contributed by atoms with Crippen LogP contribution in [0.2, 0.25) is 0 Å². The van der Waals surface area contributed by atoms with Crippen molar-refractivity contribution >= 4 is 27.4 Å². The Morgan fingerprint density at radius 2 is 2.21 bits per heavy atom. The lowest BCUT2D eigenvalue weighted by atomic mass is 10.00. The predicted molar refractivity (Wildman–Crippen MR) is 82.7 cm³/mol. The Bertz CT molecular complexity index is 517. The number of nitrogens with zero attached hydrogens (tertiary/aromatic N) is 2. The second-order valence-electron chi connectivity index (χ2n) is 4.93. The number of aryl methyl sites for hydroxylation is 1. The summed E-state index contributed by atoms with van der Waals surface area (Å²) >= 11 is 1.71. The predicted octanol–water partition coefficient (Wildman–Crippen LogP) is 3.18. The average molecular weight is 278 g/mol. The van der Waals surface area contributed by atoms with E-state index < -0.39 is 0 Å². The molecule has 0 bridgehead atoms. The molecule has 0 spiro atoms. The number of hydrogen-bond acceptors (Lipinski definition) is 5. The van der Waals surface area contributed by atoms with Gasteiger partial charge < -0.3 is 11.1 Å². The number of rotatable bonds is 7. The number of fused-ring (bicyclic) bond motifs is 1. The van der Waals surface area contributed by atoms with Gasteiger partial charge in [0.2, 0.25) is 0 Å². The molecule has 5 heteroatoms. The SMILES string of the molecule is CCCC(CCN)CNc1ncnc2c(C)csc12. The van der Waals surface area contributed by atoms with Crippen LogP contribution in [0.3, 0.4) is 0 Å². The van der Waals surface area contributed by atoms with Crippen molar-refractivity contribution in [3.63, 3.8) is 0 Å². The van der Waals surface area contributed by atoms with Crippen molar-refractivity contribution in [2.24, 2.45) is 11.7 Å². The lowest BCUT2D eigenvalue weighted by Crippen LogP contribution is -2.18. The lowest BCUT2D eigenvalue weighted by Gasteiger charge is -2.16. The molecule has 3 N–H and O–H groups in total. The minimum atomic E-state index is 0.626. The van der Waals surface area contributed by atoms with Gasteiger partial charge in [-0.2, -0.15) is 0 Å². The van der Waals surface area contributed by atoms with Crippen molar-refractivity contribution in [3.05, 3.63) is 17.3 Å². The van der Waals surface area contributed by atoms with E-state index >= 15 is 0 Å². The molecule has 0 aromatic carbocycles. The zero-order chi connectivity index (χ0) is 13.7. The summed E-state index contributed by atoms with van der Waals surface area (Å²) in [5, 5.41) is 5.61. The zero-order valence-electron chi connectivity index (χ0n) is 11.6. The minimum absolute atomic E-state index is 0.626. The summed E-state index contributed by atoms with van der Waals surface area (Å²) in [7, 11) is 0. The molecule has 2 aromatic heterocycles. The monoisotopic (exact) mass is 278 g/mol. The molecule has 1 atom stereocenters. The highest BCUT2D eigenvalue weighted by molar-refractivity contribution is 7.18. The third-order valence-corrected chi connectivity index (χ3v) is 4.45. The summed E-state index contributed by atoms with van der Waals surface area (Å²) in [6.07, 6.45) is 5.12. The molecule has 4 nitrogen and oxygen atoms in total. The molecule has 0 fully saturated rings. The number of thiophene rings is 1. The van der Waals surface area contributed by atoms with Crippen LogP contribution >= 0.6 is 11.3 Å². The molecule has 0 radical (unpaired) electrons. The van der Waals surface area contributed by atoms with E-state index in [1.165, 1.54) is 18.4 Å². The van der Waals surface area contributed by atoms with Gasteiger partial charge in [0.1, 0.15) is 12.1 Å². The average Bonchev–Trinajstić information content (AvgIpc) is 2.79. The van der Waals surface area contributed by atoms with Gasteiger partial charge in [-0.1, -0.05) is 13.3 Å². The van der Waals surface area contributed by atoms with E-state index in [1.54, 1.807) is 17.7 Å². The van der Waals surface area contributed by atoms with Crippen LogP contribution in [-0.2, 0) is 0 Å². The highest BCUT2D eigenvalue weighted by atomic mass is 32.1. The van der Waals surface area contributed by atoms with Gasteiger partial charge in [-0.3, -0.25) is 0 Å². The molecule has 0 amide bonds. The Morgan fingerprint density at radius 3 is 2.95 bits per heavy atom. The lowest BCUT2D eigenvalue weighted by molar-refractivity contribution is 0.473. The van der Waals surface area contributed by atoms with Gasteiger partial charge in [-0.05, 0) is 43.2 Å². The van der Waals surface area contributed by atoms with Crippen molar-refractivity contribution in [1.82, 2.24) is 9.97 Å². The van der Waals surface area contributed by atoms with E-state index in [1.807, 2.05) is 0 Å². The van der Waals surface area contributed by atoms with Gasteiger partial charge in [0.25, 0.3) is 0 Å². The third-order valence-electron chi connectivity index (χ3n) is 3.36. The number of nitrogens with one attached hydrogen (secondary N) is 1. The molecule has 0 saturated heterocycles. The Kier molecular flexibility index (Phi) is 5.10. The first-order chi connectivity index (χ1) is 9.26. The molecular weight excluding hydrogens is 256 g/mol. The first-order valence-electron chi connectivity index (χ1n) is 6.89. The molecule has 104 valence electrons. The standard InChI is InChI=1S/C14H22N4S/c1-3-4-11(5-6-15)7-16-14-13-12(17-9-18-14)10(2)8-19-13/h8-9,11H,3-7,15H2,1-2H3,(H,16,17,18). The molecule has 0 aliphatic heterocycles. The van der Waals surface area contributed by atoms with Crippen molar-refractivity contribution in [3.8, 4) is 0 Å². The summed E-state index contributed by atoms with van der Waals surface area (Å²) in [5.74, 6) is 1.59. The maximum atomic E-state index is 5.67. The molecule has 2 heterocycles. The van der Waals surface area contributed by atoms with Gasteiger partial charge in [0, 0.05) is 6.54 Å². The largest absolute Gasteiger partial charge is 0.369 e. The van der Waals surface area contributed by atoms with Crippen LogP contribution in [0, 0.1) is 12.8 Å². The van der Waals surface area contributed by atoms with Crippen LogP contribution in [0.4, 0.5) is 5.82 Å². The van der Waals surface area contributed by atoms with Crippen LogP contribution in [0.15, 0.2) is 11.7 Å². The van der Waals surface area contributed by atoms with Gasteiger partial charge in [0.05, 0.1) is 10.2 Å². The Labute approximate surface area is 118 Å². The fourth-order valence-electron chi connectivity index (χ4n) is 2.33. The number of hydrogen-bond donors (Lipinski definition) is 2. The van der Waals surface area contributed by atoms with E-state index in [4.69, 9.17) is 5.73 Å². The van der Waals surface area contributed by atoms with Gasteiger partial charge in [0.15, 0.2) is 0 Å². The van der Waals surface area contributed by atoms with Crippen molar-refractivity contribution < 1.29 is 0 Å². The first-order valence-corrected chi connectivity index (χ1v) is 7.77. The highest BCUT2D eigenvalue weighted by Crippen LogP contribution is 2.28. The molecule has 0 aliphatic carbocycles. The molecule has 0 aliphatic rings. The van der Waals surface area contributed by atoms with E-state index in [0.29, 0.717) is 5.92 Å². The van der Waals surface area contributed by atoms with Crippen LogP contribution in [0.1, 0.15) is 31.7 Å². The fourth-order valence-corrected chi connectivity index (χ4v) is 3.30. The van der Waals surface area contributed by atoms with Crippen molar-refractivity contribution in [1.29, 1.82) is 0 Å². The highest BCUT2D eigenvalue weighted by Gasteiger charge is 2.11. The van der Waals surface area contributed by atoms with E-state index in [2.05, 4.69) is 34.5 Å². The first kappa shape index (κ1) is 14.2. The summed E-state index contributed by atoms with van der Waals surface area (Å²) < 4.78 is 1.16. The molecular formula is C14H22N4S. The van der Waals surface area contributed by atoms with Gasteiger partial charge in [-0.25, -0.2) is 9.97 Å². The normalized spacial score (nSPS) is 12.8. The second-order valence-corrected chi connectivity index (χ2v) is 5.81. The molecule has 19 heavy (non-hydrogen) atoms. The number of nitrogens with two attached hydrogens (primary N) is 1. The van der Waals surface area contributed by atoms with Crippen molar-refractivity contribution in [2.75, 3.05) is 18.4 Å². The summed E-state index contributed by atoms with van der Waals surface area (Å²) in [5.41, 5.74) is 7.95. The van der Waals surface area contributed by atoms with Gasteiger partial charge >= 0.3 is 0 Å². The molecule has 0 saturated carbocycles. The van der Waals surface area contributed by atoms with Crippen LogP contribution in [0.25, 0.3) is 10.2 Å². The van der Waals surface area contributed by atoms with Crippen LogP contribution in [-0.4, -0.2) is 23.1 Å². The molecule has 2 aromatic rings. The zero-order valence-corrected chi connectivity index (χ0v) is 12.5. The Hall–Kier alpha value is -1.20. The second kappa shape index (κ2) is 6.82. The fraction of sp³-hybridized carbons (Fsp3) is 0.571. The quantitative estimate of drug-likeness (QED) is 0.816. The summed E-state index contributed by atoms with van der Waals surface area (Å²) in [6, 6.07) is 0. The van der Waals surface area contributed by atoms with Gasteiger partial charge in [-0.15, -0.1) is 11.3 Å².